The van der Waals surface area contributed by atoms with Crippen LogP contribution in [0.2, 0.25) is 0 Å². The Morgan fingerprint density at radius 3 is 2.40 bits per heavy atom. The first kappa shape index (κ1) is 37.4. The van der Waals surface area contributed by atoms with Crippen molar-refractivity contribution in [1.82, 2.24) is 14.9 Å². The second-order valence-electron chi connectivity index (χ2n) is 10.9. The molecule has 9 nitrogen and oxygen atoms in total. The molecule has 11 heteroatoms. The van der Waals surface area contributed by atoms with Crippen molar-refractivity contribution < 1.29 is 28.1 Å². The van der Waals surface area contributed by atoms with Gasteiger partial charge in [-0.3, -0.25) is 41.9 Å². The second-order valence-corrected chi connectivity index (χ2v) is 11.9. The number of rotatable bonds is 14. The molecule has 0 saturated heterocycles. The molecular weight excluding hydrogens is 645 g/mol. The predicted molar refractivity (Wildman–Crippen MR) is 189 cm³/mol. The molecule has 2 heterocycles. The minimum absolute atomic E-state index is 0. The first-order valence-electron chi connectivity index (χ1n) is 15.2. The maximum absolute atomic E-state index is 12.9. The summed E-state index contributed by atoms with van der Waals surface area (Å²) in [6, 6.07) is 18.8. The maximum Gasteiger partial charge on any atom is 0.274 e. The summed E-state index contributed by atoms with van der Waals surface area (Å²) in [6.07, 6.45) is 5.61. The van der Waals surface area contributed by atoms with Crippen molar-refractivity contribution in [2.24, 2.45) is 0 Å². The molecule has 2 aromatic heterocycles. The van der Waals surface area contributed by atoms with Crippen LogP contribution in [-0.4, -0.2) is 46.7 Å². The van der Waals surface area contributed by atoms with Crippen molar-refractivity contribution in [2.75, 3.05) is 18.4 Å². The molecule has 4 aromatic rings. The fourth-order valence-electron chi connectivity index (χ4n) is 4.91. The van der Waals surface area contributed by atoms with Crippen molar-refractivity contribution in [2.45, 2.75) is 46.6 Å². The predicted octanol–water partition coefficient (Wildman–Crippen LogP) is 7.51. The minimum Gasteiger partial charge on any atom is -0.598 e. The van der Waals surface area contributed by atoms with Gasteiger partial charge in [0.05, 0.1) is 6.54 Å². The Balaban J connectivity index is 0.00000600. The van der Waals surface area contributed by atoms with Gasteiger partial charge >= 0.3 is 0 Å². The van der Waals surface area contributed by atoms with Gasteiger partial charge in [-0.15, -0.1) is 6.04 Å². The van der Waals surface area contributed by atoms with Crippen LogP contribution in [0.15, 0.2) is 84.5 Å². The number of nitrogens with zero attached hydrogens (tertiary/aromatic N) is 3. The van der Waals surface area contributed by atoms with Gasteiger partial charge in [-0.2, -0.15) is 0 Å². The Morgan fingerprint density at radius 1 is 1.06 bits per heavy atom. The third-order valence-corrected chi connectivity index (χ3v) is 8.74. The Labute approximate surface area is 292 Å². The summed E-state index contributed by atoms with van der Waals surface area (Å²) in [4.78, 5) is 28.9. The zero-order chi connectivity index (χ0) is 33.2. The van der Waals surface area contributed by atoms with Gasteiger partial charge in [-0.25, -0.2) is 0 Å². The first-order valence-corrected chi connectivity index (χ1v) is 16.0. The normalized spacial score (nSPS) is 11.3. The zero-order valence-electron chi connectivity index (χ0n) is 27.1. The second kappa shape index (κ2) is 17.7. The van der Waals surface area contributed by atoms with Gasteiger partial charge in [0, 0.05) is 42.2 Å². The number of hydrogen-bond acceptors (Lipinski definition) is 7. The van der Waals surface area contributed by atoms with Gasteiger partial charge in [0.25, 0.3) is 5.91 Å². The van der Waals surface area contributed by atoms with E-state index in [9.17, 15) is 9.59 Å². The number of amides is 1. The van der Waals surface area contributed by atoms with E-state index in [1.807, 2.05) is 56.3 Å². The van der Waals surface area contributed by atoms with E-state index >= 15 is 0 Å². The summed E-state index contributed by atoms with van der Waals surface area (Å²) >= 11 is 1.44. The molecule has 1 atom stereocenters. The van der Waals surface area contributed by atoms with Crippen molar-refractivity contribution in [1.29, 1.82) is 10.8 Å². The van der Waals surface area contributed by atoms with Crippen molar-refractivity contribution in [3.63, 3.8) is 0 Å². The van der Waals surface area contributed by atoms with E-state index in [0.717, 1.165) is 51.1 Å². The number of hydrogen-bond donors (Lipinski definition) is 4. The van der Waals surface area contributed by atoms with Gasteiger partial charge < -0.3 is 15.4 Å². The largest absolute Gasteiger partial charge is 0.598 e. The van der Waals surface area contributed by atoms with E-state index in [0.29, 0.717) is 30.6 Å². The standard InChI is InChI=1S/C36H40N7O2S.V/c1-6-23(3)46-42-28(7-2)20-39-21-35(38)43-17-16-27(18-34(43)37)29-10-8-11-30(24(29)4)31-12-9-13-32(25(31)5)41-36(45)33-15-14-26(22-44)19-40-33;/h8-19,22,28,37-39H,3,6-7,20-21H2,1-2,4-5H3,(H,41,45);/q-1;/t28-;/m0./s1. The molecule has 4 rings (SSSR count). The molecule has 0 saturated carbocycles. The summed E-state index contributed by atoms with van der Waals surface area (Å²) in [5, 5.41) is 23.5. The SMILES string of the molecule is C=C(CC)S[N-][C@@H](CC)CNCC(=N)n1ccc(-c2cccc(-c3cccc(NC(=O)c4ccc(C=O)cn4)c3C)c2C)cc1=N.[V]. The summed E-state index contributed by atoms with van der Waals surface area (Å²) < 4.78 is 6.20. The number of pyridine rings is 2. The molecular formula is C36H40N7O2SV-. The molecule has 4 N–H and O–H groups in total. The van der Waals surface area contributed by atoms with Crippen LogP contribution in [0.1, 0.15) is 58.7 Å². The summed E-state index contributed by atoms with van der Waals surface area (Å²) in [7, 11) is 0. The number of allylic oxidation sites excluding steroid dienone is 1. The summed E-state index contributed by atoms with van der Waals surface area (Å²) in [5.41, 5.74) is 7.29. The molecule has 47 heavy (non-hydrogen) atoms. The topological polar surface area (TPSA) is 138 Å². The molecule has 0 aliphatic heterocycles. The van der Waals surface area contributed by atoms with Crippen LogP contribution in [0.25, 0.3) is 27.0 Å². The molecule has 2 aromatic carbocycles. The van der Waals surface area contributed by atoms with E-state index in [1.54, 1.807) is 22.9 Å². The third-order valence-electron chi connectivity index (χ3n) is 7.79. The Hall–Kier alpha value is -4.06. The van der Waals surface area contributed by atoms with Crippen LogP contribution in [0.5, 0.6) is 0 Å². The average molecular weight is 686 g/mol. The van der Waals surface area contributed by atoms with Crippen molar-refractivity contribution >= 4 is 35.7 Å². The molecule has 243 valence electrons. The molecule has 0 aliphatic rings. The number of benzene rings is 2. The van der Waals surface area contributed by atoms with E-state index in [1.165, 1.54) is 24.2 Å². The van der Waals surface area contributed by atoms with Gasteiger partial charge in [-0.05, 0) is 95.4 Å². The van der Waals surface area contributed by atoms with Crippen molar-refractivity contribution in [3.05, 3.63) is 117 Å². The third kappa shape index (κ3) is 9.50. The monoisotopic (exact) mass is 685 g/mol. The van der Waals surface area contributed by atoms with Crippen LogP contribution in [-0.2, 0) is 18.6 Å². The van der Waals surface area contributed by atoms with E-state index in [4.69, 9.17) is 10.8 Å². The fraction of sp³-hybridized carbons (Fsp3) is 0.250. The maximum atomic E-state index is 12.9. The molecule has 1 amide bonds. The van der Waals surface area contributed by atoms with Crippen LogP contribution >= 0.6 is 11.9 Å². The first-order chi connectivity index (χ1) is 22.2. The molecule has 0 spiro atoms. The number of aromatic nitrogens is 2. The number of carbonyl (C=O) groups is 2. The number of carbonyl (C=O) groups excluding carboxylic acids is 2. The van der Waals surface area contributed by atoms with E-state index < -0.39 is 0 Å². The Kier molecular flexibility index (Phi) is 14.1. The molecule has 1 radical (unpaired) electrons. The number of aldehydes is 1. The fourth-order valence-corrected chi connectivity index (χ4v) is 5.56. The van der Waals surface area contributed by atoms with Gasteiger partial charge in [-0.1, -0.05) is 57.2 Å². The quantitative estimate of drug-likeness (QED) is 0.0471. The van der Waals surface area contributed by atoms with E-state index in [-0.39, 0.29) is 47.5 Å². The van der Waals surface area contributed by atoms with Crippen molar-refractivity contribution in [3.8, 4) is 22.3 Å². The minimum atomic E-state index is -0.359. The summed E-state index contributed by atoms with van der Waals surface area (Å²) in [6.45, 7) is 13.1. The number of anilines is 1. The van der Waals surface area contributed by atoms with Gasteiger partial charge in [0.1, 0.15) is 17.0 Å². The molecule has 0 aliphatic carbocycles. The number of nitrogens with one attached hydrogen (secondary N) is 4. The van der Waals surface area contributed by atoms with Crippen LogP contribution in [0.3, 0.4) is 0 Å². The van der Waals surface area contributed by atoms with Gasteiger partial charge in [0.15, 0.2) is 6.29 Å². The van der Waals surface area contributed by atoms with E-state index in [2.05, 4.69) is 40.8 Å². The smallest absolute Gasteiger partial charge is 0.274 e. The Morgan fingerprint density at radius 2 is 1.77 bits per heavy atom. The summed E-state index contributed by atoms with van der Waals surface area (Å²) in [5.74, 6) is -0.0752. The average Bonchev–Trinajstić information content (AvgIpc) is 3.07. The molecule has 0 bridgehead atoms. The van der Waals surface area contributed by atoms with Gasteiger partial charge in [0.2, 0.25) is 0 Å². The van der Waals surface area contributed by atoms with Crippen LogP contribution in [0.4, 0.5) is 5.69 Å². The zero-order valence-corrected chi connectivity index (χ0v) is 29.3. The van der Waals surface area contributed by atoms with Crippen LogP contribution < -0.4 is 16.1 Å². The molecule has 0 fully saturated rings. The Bertz CT molecular complexity index is 1800. The molecule has 0 unspecified atom stereocenters. The van der Waals surface area contributed by atoms with Crippen LogP contribution in [0, 0.1) is 24.7 Å².